The second-order valence-corrected chi connectivity index (χ2v) is 6.26. The number of nitrogens with zero attached hydrogens (tertiary/aromatic N) is 1. The number of piperidine rings is 1. The second kappa shape index (κ2) is 7.95. The van der Waals surface area contributed by atoms with Crippen LogP contribution in [0.4, 0.5) is 10.1 Å². The summed E-state index contributed by atoms with van der Waals surface area (Å²) in [5.41, 5.74) is 2.71. The number of benzene rings is 2. The molecule has 3 rings (SSSR count). The largest absolute Gasteiger partial charge is 0.372 e. The average molecular weight is 326 g/mol. The molecule has 126 valence electrons. The van der Waals surface area contributed by atoms with E-state index in [2.05, 4.69) is 22.3 Å². The van der Waals surface area contributed by atoms with Crippen molar-refractivity contribution in [3.63, 3.8) is 0 Å². The topological polar surface area (TPSA) is 32.3 Å². The maximum Gasteiger partial charge on any atom is 0.224 e. The van der Waals surface area contributed by atoms with Crippen molar-refractivity contribution in [3.8, 4) is 0 Å². The molecule has 0 aromatic heterocycles. The Morgan fingerprint density at radius 1 is 1.00 bits per heavy atom. The molecule has 1 aliphatic rings. The van der Waals surface area contributed by atoms with Crippen molar-refractivity contribution < 1.29 is 9.18 Å². The van der Waals surface area contributed by atoms with Gasteiger partial charge in [-0.1, -0.05) is 30.3 Å². The first-order valence-electron chi connectivity index (χ1n) is 8.56. The van der Waals surface area contributed by atoms with Crippen LogP contribution in [0.25, 0.3) is 0 Å². The minimum Gasteiger partial charge on any atom is -0.372 e. The van der Waals surface area contributed by atoms with Gasteiger partial charge in [0, 0.05) is 30.9 Å². The Labute approximate surface area is 142 Å². The summed E-state index contributed by atoms with van der Waals surface area (Å²) in [5.74, 6) is -0.382. The summed E-state index contributed by atoms with van der Waals surface area (Å²) in [6.07, 6.45) is 4.13. The summed E-state index contributed by atoms with van der Waals surface area (Å²) >= 11 is 0. The Balaban J connectivity index is 1.52. The monoisotopic (exact) mass is 326 g/mol. The van der Waals surface area contributed by atoms with E-state index in [0.717, 1.165) is 18.7 Å². The summed E-state index contributed by atoms with van der Waals surface area (Å²) in [7, 11) is 0. The lowest BCUT2D eigenvalue weighted by atomic mass is 10.1. The van der Waals surface area contributed by atoms with Gasteiger partial charge in [0.05, 0.1) is 6.42 Å². The van der Waals surface area contributed by atoms with Crippen LogP contribution in [0.1, 0.15) is 30.4 Å². The predicted octanol–water partition coefficient (Wildman–Crippen LogP) is 3.67. The van der Waals surface area contributed by atoms with Crippen LogP contribution < -0.4 is 10.2 Å². The van der Waals surface area contributed by atoms with Gasteiger partial charge in [-0.05, 0) is 43.0 Å². The molecule has 1 N–H and O–H groups in total. The first-order chi connectivity index (χ1) is 11.7. The number of nitrogens with one attached hydrogen (secondary N) is 1. The van der Waals surface area contributed by atoms with E-state index in [9.17, 15) is 9.18 Å². The molecule has 4 heteroatoms. The number of rotatable bonds is 5. The predicted molar refractivity (Wildman–Crippen MR) is 94.5 cm³/mol. The highest BCUT2D eigenvalue weighted by molar-refractivity contribution is 5.78. The van der Waals surface area contributed by atoms with E-state index in [1.807, 2.05) is 12.1 Å². The lowest BCUT2D eigenvalue weighted by Crippen LogP contribution is -2.29. The fourth-order valence-corrected chi connectivity index (χ4v) is 3.06. The number of carbonyl (C=O) groups is 1. The van der Waals surface area contributed by atoms with Gasteiger partial charge in [0.1, 0.15) is 5.82 Å². The fraction of sp³-hybridized carbons (Fsp3) is 0.350. The van der Waals surface area contributed by atoms with Crippen molar-refractivity contribution in [3.05, 3.63) is 65.5 Å². The third-order valence-corrected chi connectivity index (χ3v) is 4.46. The van der Waals surface area contributed by atoms with Gasteiger partial charge in [0.2, 0.25) is 5.91 Å². The molecule has 24 heavy (non-hydrogen) atoms. The number of anilines is 1. The molecule has 3 nitrogen and oxygen atoms in total. The van der Waals surface area contributed by atoms with Gasteiger partial charge in [0.15, 0.2) is 0 Å². The molecule has 2 aromatic carbocycles. The SMILES string of the molecule is O=C(Cc1ccc(N2CCCCC2)cc1)NCc1ccccc1F. The minimum absolute atomic E-state index is 0.0935. The quantitative estimate of drug-likeness (QED) is 0.909. The maximum atomic E-state index is 13.5. The van der Waals surface area contributed by atoms with Crippen LogP contribution in [0.5, 0.6) is 0 Å². The van der Waals surface area contributed by atoms with Crippen LogP contribution in [0.2, 0.25) is 0 Å². The van der Waals surface area contributed by atoms with E-state index in [1.54, 1.807) is 18.2 Å². The first-order valence-corrected chi connectivity index (χ1v) is 8.56. The molecule has 1 fully saturated rings. The molecule has 0 spiro atoms. The van der Waals surface area contributed by atoms with Crippen LogP contribution in [-0.2, 0) is 17.8 Å². The minimum atomic E-state index is -0.288. The van der Waals surface area contributed by atoms with E-state index in [-0.39, 0.29) is 18.3 Å². The second-order valence-electron chi connectivity index (χ2n) is 6.26. The number of carbonyl (C=O) groups excluding carboxylic acids is 1. The summed E-state index contributed by atoms with van der Waals surface area (Å²) in [4.78, 5) is 14.4. The normalized spacial score (nSPS) is 14.5. The molecule has 1 aliphatic heterocycles. The molecule has 0 radical (unpaired) electrons. The van der Waals surface area contributed by atoms with Crippen LogP contribution in [0, 0.1) is 5.82 Å². The third-order valence-electron chi connectivity index (χ3n) is 4.46. The Hall–Kier alpha value is -2.36. The summed E-state index contributed by atoms with van der Waals surface area (Å²) in [6.45, 7) is 2.45. The van der Waals surface area contributed by atoms with E-state index in [1.165, 1.54) is 31.0 Å². The number of amides is 1. The molecule has 0 bridgehead atoms. The average Bonchev–Trinajstić information content (AvgIpc) is 2.62. The molecule has 0 saturated carbocycles. The van der Waals surface area contributed by atoms with E-state index >= 15 is 0 Å². The van der Waals surface area contributed by atoms with E-state index in [0.29, 0.717) is 12.0 Å². The zero-order valence-electron chi connectivity index (χ0n) is 13.8. The molecule has 1 saturated heterocycles. The van der Waals surface area contributed by atoms with Crippen LogP contribution in [-0.4, -0.2) is 19.0 Å². The number of hydrogen-bond acceptors (Lipinski definition) is 2. The highest BCUT2D eigenvalue weighted by Crippen LogP contribution is 2.20. The van der Waals surface area contributed by atoms with Crippen molar-refractivity contribution in [1.82, 2.24) is 5.32 Å². The van der Waals surface area contributed by atoms with Gasteiger partial charge in [-0.3, -0.25) is 4.79 Å². The summed E-state index contributed by atoms with van der Waals surface area (Å²) in [6, 6.07) is 14.7. The lowest BCUT2D eigenvalue weighted by molar-refractivity contribution is -0.120. The van der Waals surface area contributed by atoms with Crippen molar-refractivity contribution in [1.29, 1.82) is 0 Å². The molecule has 1 amide bonds. The van der Waals surface area contributed by atoms with Gasteiger partial charge >= 0.3 is 0 Å². The summed E-state index contributed by atoms with van der Waals surface area (Å²) in [5, 5.41) is 2.78. The lowest BCUT2D eigenvalue weighted by Gasteiger charge is -2.28. The summed E-state index contributed by atoms with van der Waals surface area (Å²) < 4.78 is 13.5. The highest BCUT2D eigenvalue weighted by atomic mass is 19.1. The number of hydrogen-bond donors (Lipinski definition) is 1. The van der Waals surface area contributed by atoms with Crippen molar-refractivity contribution >= 4 is 11.6 Å². The zero-order chi connectivity index (χ0) is 16.8. The molecular formula is C20H23FN2O. The van der Waals surface area contributed by atoms with Crippen molar-refractivity contribution in [2.75, 3.05) is 18.0 Å². The zero-order valence-corrected chi connectivity index (χ0v) is 13.8. The molecule has 2 aromatic rings. The molecular weight excluding hydrogens is 303 g/mol. The fourth-order valence-electron chi connectivity index (χ4n) is 3.06. The standard InChI is InChI=1S/C20H23FN2O/c21-19-7-3-2-6-17(19)15-22-20(24)14-16-8-10-18(11-9-16)23-12-4-1-5-13-23/h2-3,6-11H,1,4-5,12-15H2,(H,22,24). The number of halogens is 1. The van der Waals surface area contributed by atoms with E-state index in [4.69, 9.17) is 0 Å². The van der Waals surface area contributed by atoms with Gasteiger partial charge in [-0.25, -0.2) is 4.39 Å². The van der Waals surface area contributed by atoms with Gasteiger partial charge < -0.3 is 10.2 Å². The maximum absolute atomic E-state index is 13.5. The first kappa shape index (κ1) is 16.5. The Bertz CT molecular complexity index is 678. The molecule has 0 aliphatic carbocycles. The Kier molecular flexibility index (Phi) is 5.47. The molecule has 1 heterocycles. The van der Waals surface area contributed by atoms with Crippen molar-refractivity contribution in [2.45, 2.75) is 32.2 Å². The van der Waals surface area contributed by atoms with Crippen LogP contribution in [0.3, 0.4) is 0 Å². The Morgan fingerprint density at radius 3 is 2.42 bits per heavy atom. The van der Waals surface area contributed by atoms with Crippen LogP contribution >= 0.6 is 0 Å². The van der Waals surface area contributed by atoms with E-state index < -0.39 is 0 Å². The van der Waals surface area contributed by atoms with Crippen molar-refractivity contribution in [2.24, 2.45) is 0 Å². The Morgan fingerprint density at radius 2 is 1.71 bits per heavy atom. The highest BCUT2D eigenvalue weighted by Gasteiger charge is 2.11. The van der Waals surface area contributed by atoms with Crippen LogP contribution in [0.15, 0.2) is 48.5 Å². The van der Waals surface area contributed by atoms with Gasteiger partial charge in [-0.2, -0.15) is 0 Å². The molecule has 0 unspecified atom stereocenters. The smallest absolute Gasteiger partial charge is 0.224 e. The van der Waals surface area contributed by atoms with Gasteiger partial charge in [0.25, 0.3) is 0 Å². The molecule has 0 atom stereocenters. The van der Waals surface area contributed by atoms with Gasteiger partial charge in [-0.15, -0.1) is 0 Å². The third kappa shape index (κ3) is 4.34.